The van der Waals surface area contributed by atoms with Gasteiger partial charge in [0, 0.05) is 22.4 Å². The van der Waals surface area contributed by atoms with Crippen molar-refractivity contribution >= 4 is 33.2 Å². The average Bonchev–Trinajstić information content (AvgIpc) is 2.80. The average molecular weight is 331 g/mol. The molecule has 1 heterocycles. The Labute approximate surface area is 126 Å². The molecule has 0 radical (unpaired) electrons. The first-order valence-corrected chi connectivity index (χ1v) is 7.32. The Morgan fingerprint density at radius 1 is 1.25 bits per heavy atom. The summed E-state index contributed by atoms with van der Waals surface area (Å²) in [6, 6.07) is 11.5. The Balaban J connectivity index is 1.97. The smallest absolute Gasteiger partial charge is 0.259 e. The van der Waals surface area contributed by atoms with Crippen LogP contribution in [0.4, 0.5) is 11.4 Å². The van der Waals surface area contributed by atoms with Crippen LogP contribution in [-0.4, -0.2) is 12.5 Å². The van der Waals surface area contributed by atoms with Crippen molar-refractivity contribution in [3.63, 3.8) is 0 Å². The summed E-state index contributed by atoms with van der Waals surface area (Å²) in [4.78, 5) is 14.5. The van der Waals surface area contributed by atoms with Crippen molar-refractivity contribution in [2.75, 3.05) is 17.2 Å². The Kier molecular flexibility index (Phi) is 3.26. The van der Waals surface area contributed by atoms with Gasteiger partial charge in [0.1, 0.15) is 0 Å². The molecule has 0 fully saturated rings. The van der Waals surface area contributed by atoms with Gasteiger partial charge < -0.3 is 10.6 Å². The summed E-state index contributed by atoms with van der Waals surface area (Å²) >= 11 is 3.48. The number of carbonyl (C=O) groups is 1. The first-order chi connectivity index (χ1) is 9.56. The van der Waals surface area contributed by atoms with Crippen LogP contribution in [0, 0.1) is 6.92 Å². The number of aryl methyl sites for hydroxylation is 1. The molecule has 102 valence electrons. The summed E-state index contributed by atoms with van der Waals surface area (Å²) in [7, 11) is 0. The highest BCUT2D eigenvalue weighted by Gasteiger charge is 2.26. The van der Waals surface area contributed by atoms with Crippen LogP contribution in [0.1, 0.15) is 21.5 Å². The number of fused-ring (bicyclic) bond motifs is 1. The Bertz CT molecular complexity index is 697. The Morgan fingerprint density at radius 2 is 2.05 bits per heavy atom. The monoisotopic (exact) mass is 330 g/mol. The van der Waals surface area contributed by atoms with E-state index in [1.807, 2.05) is 48.2 Å². The number of nitrogens with two attached hydrogens (primary N) is 1. The standard InChI is InChI=1S/C16H15BrN2O/c1-10-2-4-13(14(17)8-10)16(20)19-7-6-11-9-12(18)3-5-15(11)19/h2-5,8-9H,6-7,18H2,1H3. The van der Waals surface area contributed by atoms with E-state index in [1.165, 1.54) is 0 Å². The van der Waals surface area contributed by atoms with Gasteiger partial charge in [0.2, 0.25) is 0 Å². The largest absolute Gasteiger partial charge is 0.399 e. The number of benzene rings is 2. The zero-order valence-electron chi connectivity index (χ0n) is 11.2. The molecule has 0 saturated heterocycles. The van der Waals surface area contributed by atoms with Crippen molar-refractivity contribution in [2.24, 2.45) is 0 Å². The van der Waals surface area contributed by atoms with Crippen LogP contribution in [-0.2, 0) is 6.42 Å². The second-order valence-corrected chi connectivity index (χ2v) is 5.93. The van der Waals surface area contributed by atoms with Gasteiger partial charge in [0.15, 0.2) is 0 Å². The lowest BCUT2D eigenvalue weighted by molar-refractivity contribution is 0.0988. The zero-order chi connectivity index (χ0) is 14.3. The molecule has 4 heteroatoms. The lowest BCUT2D eigenvalue weighted by Crippen LogP contribution is -2.29. The van der Waals surface area contributed by atoms with E-state index in [1.54, 1.807) is 0 Å². The molecule has 2 N–H and O–H groups in total. The van der Waals surface area contributed by atoms with Gasteiger partial charge >= 0.3 is 0 Å². The second-order valence-electron chi connectivity index (χ2n) is 5.08. The Hall–Kier alpha value is -1.81. The van der Waals surface area contributed by atoms with E-state index < -0.39 is 0 Å². The number of hydrogen-bond donors (Lipinski definition) is 1. The van der Waals surface area contributed by atoms with E-state index in [0.29, 0.717) is 12.1 Å². The summed E-state index contributed by atoms with van der Waals surface area (Å²) in [6.07, 6.45) is 0.857. The molecule has 20 heavy (non-hydrogen) atoms. The molecular weight excluding hydrogens is 316 g/mol. The summed E-state index contributed by atoms with van der Waals surface area (Å²) < 4.78 is 0.839. The van der Waals surface area contributed by atoms with E-state index in [-0.39, 0.29) is 5.91 Å². The molecule has 3 nitrogen and oxygen atoms in total. The van der Waals surface area contributed by atoms with Gasteiger partial charge in [-0.3, -0.25) is 4.79 Å². The number of nitrogen functional groups attached to an aromatic ring is 1. The van der Waals surface area contributed by atoms with Crippen molar-refractivity contribution in [3.8, 4) is 0 Å². The molecule has 0 bridgehead atoms. The van der Waals surface area contributed by atoms with Gasteiger partial charge in [-0.2, -0.15) is 0 Å². The van der Waals surface area contributed by atoms with Crippen LogP contribution in [0.25, 0.3) is 0 Å². The van der Waals surface area contributed by atoms with Crippen molar-refractivity contribution in [1.29, 1.82) is 0 Å². The topological polar surface area (TPSA) is 46.3 Å². The SMILES string of the molecule is Cc1ccc(C(=O)N2CCc3cc(N)ccc32)c(Br)c1. The predicted octanol–water partition coefficient (Wildman–Crippen LogP) is 3.54. The van der Waals surface area contributed by atoms with Crippen LogP contribution in [0.15, 0.2) is 40.9 Å². The fourth-order valence-corrected chi connectivity index (χ4v) is 3.23. The normalized spacial score (nSPS) is 13.4. The van der Waals surface area contributed by atoms with Crippen molar-refractivity contribution in [3.05, 3.63) is 57.6 Å². The number of halogens is 1. The van der Waals surface area contributed by atoms with E-state index in [2.05, 4.69) is 15.9 Å². The Morgan fingerprint density at radius 3 is 2.80 bits per heavy atom. The van der Waals surface area contributed by atoms with E-state index in [9.17, 15) is 4.79 Å². The van der Waals surface area contributed by atoms with Gasteiger partial charge in [0.25, 0.3) is 5.91 Å². The second kappa shape index (κ2) is 4.94. The number of anilines is 2. The van der Waals surface area contributed by atoms with Crippen LogP contribution in [0.2, 0.25) is 0 Å². The molecule has 2 aromatic rings. The van der Waals surface area contributed by atoms with E-state index >= 15 is 0 Å². The number of carbonyl (C=O) groups excluding carboxylic acids is 1. The van der Waals surface area contributed by atoms with Crippen molar-refractivity contribution in [2.45, 2.75) is 13.3 Å². The third kappa shape index (κ3) is 2.20. The minimum absolute atomic E-state index is 0.0281. The molecule has 0 unspecified atom stereocenters. The van der Waals surface area contributed by atoms with Gasteiger partial charge in [0.05, 0.1) is 5.56 Å². The van der Waals surface area contributed by atoms with E-state index in [0.717, 1.165) is 33.4 Å². The molecule has 2 aromatic carbocycles. The minimum atomic E-state index is 0.0281. The van der Waals surface area contributed by atoms with Crippen LogP contribution >= 0.6 is 15.9 Å². The molecule has 0 saturated carbocycles. The number of hydrogen-bond acceptors (Lipinski definition) is 2. The lowest BCUT2D eigenvalue weighted by Gasteiger charge is -2.18. The van der Waals surface area contributed by atoms with Crippen molar-refractivity contribution < 1.29 is 4.79 Å². The number of amides is 1. The molecule has 1 aliphatic rings. The third-order valence-corrected chi connectivity index (χ3v) is 4.26. The van der Waals surface area contributed by atoms with Crippen molar-refractivity contribution in [1.82, 2.24) is 0 Å². The fraction of sp³-hybridized carbons (Fsp3) is 0.188. The van der Waals surface area contributed by atoms with Crippen LogP contribution < -0.4 is 10.6 Å². The molecule has 0 spiro atoms. The number of rotatable bonds is 1. The lowest BCUT2D eigenvalue weighted by atomic mass is 10.1. The highest BCUT2D eigenvalue weighted by Crippen LogP contribution is 2.32. The molecule has 0 aliphatic carbocycles. The summed E-state index contributed by atoms with van der Waals surface area (Å²) in [5, 5.41) is 0. The molecule has 1 aliphatic heterocycles. The predicted molar refractivity (Wildman–Crippen MR) is 85.1 cm³/mol. The summed E-state index contributed by atoms with van der Waals surface area (Å²) in [6.45, 7) is 2.71. The van der Waals surface area contributed by atoms with Crippen LogP contribution in [0.5, 0.6) is 0 Å². The number of nitrogens with zero attached hydrogens (tertiary/aromatic N) is 1. The summed E-state index contributed by atoms with van der Waals surface area (Å²) in [5.74, 6) is 0.0281. The summed E-state index contributed by atoms with van der Waals surface area (Å²) in [5.41, 5.74) is 10.5. The molecule has 1 amide bonds. The quantitative estimate of drug-likeness (QED) is 0.813. The highest BCUT2D eigenvalue weighted by atomic mass is 79.9. The first-order valence-electron chi connectivity index (χ1n) is 6.52. The van der Waals surface area contributed by atoms with Gasteiger partial charge in [-0.05, 0) is 70.7 Å². The molecule has 0 atom stereocenters. The maximum absolute atomic E-state index is 12.7. The zero-order valence-corrected chi connectivity index (χ0v) is 12.8. The minimum Gasteiger partial charge on any atom is -0.399 e. The highest BCUT2D eigenvalue weighted by molar-refractivity contribution is 9.10. The van der Waals surface area contributed by atoms with Crippen LogP contribution in [0.3, 0.4) is 0 Å². The van der Waals surface area contributed by atoms with Gasteiger partial charge in [-0.15, -0.1) is 0 Å². The fourth-order valence-electron chi connectivity index (χ4n) is 2.57. The van der Waals surface area contributed by atoms with Gasteiger partial charge in [-0.1, -0.05) is 6.07 Å². The maximum atomic E-state index is 12.7. The van der Waals surface area contributed by atoms with E-state index in [4.69, 9.17) is 5.73 Å². The third-order valence-electron chi connectivity index (χ3n) is 3.60. The molecule has 3 rings (SSSR count). The molecule has 0 aromatic heterocycles. The van der Waals surface area contributed by atoms with Gasteiger partial charge in [-0.25, -0.2) is 0 Å². The molecular formula is C16H15BrN2O. The maximum Gasteiger partial charge on any atom is 0.259 e. The first kappa shape index (κ1) is 13.2.